The number of hydrogen-bond acceptors (Lipinski definition) is 5. The van der Waals surface area contributed by atoms with Gasteiger partial charge in [0.2, 0.25) is 5.91 Å². The van der Waals surface area contributed by atoms with Crippen LogP contribution >= 0.6 is 0 Å². The Morgan fingerprint density at radius 1 is 1.21 bits per heavy atom. The number of benzene rings is 1. The zero-order valence-electron chi connectivity index (χ0n) is 17.0. The van der Waals surface area contributed by atoms with Gasteiger partial charge in [0.1, 0.15) is 5.76 Å². The Bertz CT molecular complexity index is 815. The molecule has 6 heteroatoms. The van der Waals surface area contributed by atoms with E-state index in [1.54, 1.807) is 0 Å². The first-order valence-corrected chi connectivity index (χ1v) is 10.0. The first-order valence-electron chi connectivity index (χ1n) is 10.0. The lowest BCUT2D eigenvalue weighted by Gasteiger charge is -2.35. The number of hydrogen-bond donors (Lipinski definition) is 0. The average Bonchev–Trinajstić information content (AvgIpc) is 3.08. The Hall–Kier alpha value is -2.18. The summed E-state index contributed by atoms with van der Waals surface area (Å²) in [6.07, 6.45) is 0.536. The van der Waals surface area contributed by atoms with Crippen molar-refractivity contribution >= 4 is 5.91 Å². The molecule has 2 atom stereocenters. The molecule has 0 N–H and O–H groups in total. The van der Waals surface area contributed by atoms with Gasteiger partial charge in [0.25, 0.3) is 0 Å². The van der Waals surface area contributed by atoms with Gasteiger partial charge in [0, 0.05) is 43.1 Å². The minimum absolute atomic E-state index is 0.157. The number of nitrogens with zero attached hydrogens (tertiary/aromatic N) is 3. The highest BCUT2D eigenvalue weighted by molar-refractivity contribution is 5.79. The summed E-state index contributed by atoms with van der Waals surface area (Å²) in [5, 5.41) is 4.03. The third-order valence-electron chi connectivity index (χ3n) is 6.23. The maximum absolute atomic E-state index is 12.9. The molecule has 28 heavy (non-hydrogen) atoms. The molecular weight excluding hydrogens is 354 g/mol. The van der Waals surface area contributed by atoms with E-state index in [1.165, 1.54) is 5.56 Å². The van der Waals surface area contributed by atoms with E-state index in [-0.39, 0.29) is 11.3 Å². The van der Waals surface area contributed by atoms with E-state index in [4.69, 9.17) is 9.26 Å². The highest BCUT2D eigenvalue weighted by Gasteiger charge is 2.46. The van der Waals surface area contributed by atoms with Gasteiger partial charge in [0.15, 0.2) is 0 Å². The molecule has 1 spiro atoms. The normalized spacial score (nSPS) is 24.7. The topological polar surface area (TPSA) is 58.8 Å². The molecule has 0 saturated carbocycles. The first-order chi connectivity index (χ1) is 13.5. The zero-order chi connectivity index (χ0) is 19.7. The van der Waals surface area contributed by atoms with Crippen molar-refractivity contribution in [2.45, 2.75) is 39.8 Å². The van der Waals surface area contributed by atoms with Crippen molar-refractivity contribution < 1.29 is 14.1 Å². The molecule has 2 aliphatic heterocycles. The van der Waals surface area contributed by atoms with Crippen LogP contribution in [0.5, 0.6) is 0 Å². The van der Waals surface area contributed by atoms with E-state index in [2.05, 4.69) is 41.2 Å². The molecule has 2 aliphatic rings. The molecule has 1 aromatic heterocycles. The number of aryl methyl sites for hydroxylation is 2. The molecule has 0 bridgehead atoms. The van der Waals surface area contributed by atoms with Crippen molar-refractivity contribution in [3.05, 3.63) is 52.9 Å². The summed E-state index contributed by atoms with van der Waals surface area (Å²) in [7, 11) is 0. The van der Waals surface area contributed by atoms with Gasteiger partial charge in [0.05, 0.1) is 25.5 Å². The number of carbonyl (C=O) groups is 1. The number of amides is 1. The van der Waals surface area contributed by atoms with E-state index in [0.717, 1.165) is 30.1 Å². The Labute approximate surface area is 166 Å². The van der Waals surface area contributed by atoms with Crippen LogP contribution in [-0.2, 0) is 16.1 Å². The highest BCUT2D eigenvalue weighted by Crippen LogP contribution is 2.37. The summed E-state index contributed by atoms with van der Waals surface area (Å²) >= 11 is 0. The zero-order valence-corrected chi connectivity index (χ0v) is 17.0. The summed E-state index contributed by atoms with van der Waals surface area (Å²) in [4.78, 5) is 17.3. The summed E-state index contributed by atoms with van der Waals surface area (Å²) in [6.45, 7) is 10.5. The van der Waals surface area contributed by atoms with E-state index in [9.17, 15) is 4.79 Å². The van der Waals surface area contributed by atoms with E-state index in [1.807, 2.05) is 24.8 Å². The van der Waals surface area contributed by atoms with Crippen LogP contribution in [0.15, 0.2) is 34.9 Å². The minimum Gasteiger partial charge on any atom is -0.379 e. The second kappa shape index (κ2) is 7.68. The molecule has 2 aromatic rings. The van der Waals surface area contributed by atoms with Crippen LogP contribution in [-0.4, -0.2) is 53.7 Å². The molecule has 0 unspecified atom stereocenters. The second-order valence-electron chi connectivity index (χ2n) is 8.34. The monoisotopic (exact) mass is 383 g/mol. The van der Waals surface area contributed by atoms with Gasteiger partial charge in [-0.25, -0.2) is 0 Å². The molecule has 1 aromatic carbocycles. The fourth-order valence-corrected chi connectivity index (χ4v) is 4.55. The Morgan fingerprint density at radius 3 is 2.71 bits per heavy atom. The molecular formula is C22H29N3O3. The molecule has 0 aliphatic carbocycles. The summed E-state index contributed by atoms with van der Waals surface area (Å²) in [5.41, 5.74) is 3.03. The van der Waals surface area contributed by atoms with Crippen molar-refractivity contribution in [2.75, 3.05) is 32.8 Å². The minimum atomic E-state index is -0.157. The summed E-state index contributed by atoms with van der Waals surface area (Å²) in [6, 6.07) is 10.9. The predicted octanol–water partition coefficient (Wildman–Crippen LogP) is 3.10. The van der Waals surface area contributed by atoms with Crippen LogP contribution in [0, 0.1) is 19.3 Å². The van der Waals surface area contributed by atoms with Crippen molar-refractivity contribution in [3.63, 3.8) is 0 Å². The van der Waals surface area contributed by atoms with E-state index in [0.29, 0.717) is 38.8 Å². The average molecular weight is 383 g/mol. The van der Waals surface area contributed by atoms with Crippen LogP contribution in [0.4, 0.5) is 0 Å². The largest absolute Gasteiger partial charge is 0.379 e. The first kappa shape index (κ1) is 19.2. The van der Waals surface area contributed by atoms with E-state index >= 15 is 0 Å². The molecule has 1 amide bonds. The van der Waals surface area contributed by atoms with Crippen LogP contribution in [0.2, 0.25) is 0 Å². The number of likely N-dealkylation sites (tertiary alicyclic amines) is 1. The number of carbonyl (C=O) groups excluding carboxylic acids is 1. The Morgan fingerprint density at radius 2 is 2.00 bits per heavy atom. The summed E-state index contributed by atoms with van der Waals surface area (Å²) < 4.78 is 11.3. The molecule has 2 fully saturated rings. The highest BCUT2D eigenvalue weighted by atomic mass is 16.5. The second-order valence-corrected chi connectivity index (χ2v) is 8.34. The summed E-state index contributed by atoms with van der Waals surface area (Å²) in [5.74, 6) is 0.987. The molecule has 3 heterocycles. The fourth-order valence-electron chi connectivity index (χ4n) is 4.55. The lowest BCUT2D eigenvalue weighted by Crippen LogP contribution is -2.41. The number of aromatic nitrogens is 1. The van der Waals surface area contributed by atoms with Gasteiger partial charge in [-0.05, 0) is 26.3 Å². The SMILES string of the molecule is Cc1noc(C)c1CN1C[C@]2(COCCN([C@@H](C)c3ccccc3)C2)CC1=O. The predicted molar refractivity (Wildman–Crippen MR) is 106 cm³/mol. The molecule has 150 valence electrons. The molecule has 6 nitrogen and oxygen atoms in total. The Kier molecular flexibility index (Phi) is 5.25. The lowest BCUT2D eigenvalue weighted by molar-refractivity contribution is -0.128. The van der Waals surface area contributed by atoms with Gasteiger partial charge < -0.3 is 14.2 Å². The maximum atomic E-state index is 12.9. The van der Waals surface area contributed by atoms with Crippen LogP contribution in [0.1, 0.15) is 42.0 Å². The van der Waals surface area contributed by atoms with Crippen molar-refractivity contribution in [1.82, 2.24) is 15.0 Å². The third-order valence-corrected chi connectivity index (χ3v) is 6.23. The van der Waals surface area contributed by atoms with Crippen molar-refractivity contribution in [2.24, 2.45) is 5.41 Å². The Balaban J connectivity index is 1.51. The molecule has 4 rings (SSSR count). The van der Waals surface area contributed by atoms with Gasteiger partial charge in [-0.1, -0.05) is 35.5 Å². The molecule has 0 radical (unpaired) electrons. The quantitative estimate of drug-likeness (QED) is 0.812. The van der Waals surface area contributed by atoms with E-state index < -0.39 is 0 Å². The molecule has 2 saturated heterocycles. The maximum Gasteiger partial charge on any atom is 0.223 e. The van der Waals surface area contributed by atoms with Gasteiger partial charge >= 0.3 is 0 Å². The van der Waals surface area contributed by atoms with Crippen molar-refractivity contribution in [1.29, 1.82) is 0 Å². The number of ether oxygens (including phenoxy) is 1. The van der Waals surface area contributed by atoms with Gasteiger partial charge in [-0.2, -0.15) is 0 Å². The smallest absolute Gasteiger partial charge is 0.223 e. The van der Waals surface area contributed by atoms with Crippen LogP contribution in [0.25, 0.3) is 0 Å². The van der Waals surface area contributed by atoms with Gasteiger partial charge in [-0.15, -0.1) is 0 Å². The lowest BCUT2D eigenvalue weighted by atomic mass is 9.86. The fraction of sp³-hybridized carbons (Fsp3) is 0.545. The van der Waals surface area contributed by atoms with Crippen molar-refractivity contribution in [3.8, 4) is 0 Å². The van der Waals surface area contributed by atoms with Gasteiger partial charge in [-0.3, -0.25) is 9.69 Å². The standard InChI is InChI=1S/C22H29N3O3/c1-16-20(18(3)28-23-16)12-25-14-22(11-21(25)26)13-24(9-10-27-15-22)17(2)19-7-5-4-6-8-19/h4-8,17H,9-15H2,1-3H3/t17-,22-/m0/s1. The van der Waals surface area contributed by atoms with Crippen LogP contribution in [0.3, 0.4) is 0 Å². The van der Waals surface area contributed by atoms with Crippen LogP contribution < -0.4 is 0 Å². The number of rotatable bonds is 4. The third kappa shape index (κ3) is 3.71.